The van der Waals surface area contributed by atoms with Crippen LogP contribution in [0.5, 0.6) is 0 Å². The Labute approximate surface area is 145 Å². The first-order chi connectivity index (χ1) is 11.5. The second-order valence-corrected chi connectivity index (χ2v) is 6.54. The lowest BCUT2D eigenvalue weighted by atomic mass is 9.76. The average Bonchev–Trinajstić information content (AvgIpc) is 3.07. The molecule has 0 unspecified atom stereocenters. The Balaban J connectivity index is 1.92. The molecule has 0 saturated heterocycles. The number of carbonyl (C=O) groups excluding carboxylic acids is 2. The van der Waals surface area contributed by atoms with Gasteiger partial charge in [-0.1, -0.05) is 37.3 Å². The molecule has 0 aliphatic carbocycles. The van der Waals surface area contributed by atoms with Crippen molar-refractivity contribution in [1.82, 2.24) is 5.32 Å². The van der Waals surface area contributed by atoms with Crippen LogP contribution in [0.25, 0.3) is 0 Å². The topological polar surface area (TPSA) is 86.6 Å². The van der Waals surface area contributed by atoms with Crippen LogP contribution in [0.1, 0.15) is 29.3 Å². The summed E-state index contributed by atoms with van der Waals surface area (Å²) in [4.78, 5) is 24.4. The number of benzene rings is 1. The van der Waals surface area contributed by atoms with Crippen molar-refractivity contribution in [3.8, 4) is 0 Å². The van der Waals surface area contributed by atoms with E-state index in [-0.39, 0.29) is 18.1 Å². The normalized spacial score (nSPS) is 13.1. The summed E-state index contributed by atoms with van der Waals surface area (Å²) < 4.78 is 0. The van der Waals surface area contributed by atoms with Crippen LogP contribution in [-0.2, 0) is 11.2 Å². The maximum Gasteiger partial charge on any atom is 0.475 e. The van der Waals surface area contributed by atoms with Crippen LogP contribution in [0.3, 0.4) is 0 Å². The first-order valence-electron chi connectivity index (χ1n) is 7.73. The fourth-order valence-electron chi connectivity index (χ4n) is 2.33. The first-order valence-corrected chi connectivity index (χ1v) is 8.67. The Morgan fingerprint density at radius 3 is 2.50 bits per heavy atom. The van der Waals surface area contributed by atoms with E-state index >= 15 is 0 Å². The van der Waals surface area contributed by atoms with Gasteiger partial charge in [-0.05, 0) is 28.8 Å². The number of ketones is 1. The fraction of sp³-hybridized carbons (Fsp3) is 0.294. The van der Waals surface area contributed by atoms with Crippen molar-refractivity contribution in [2.24, 2.45) is 5.92 Å². The van der Waals surface area contributed by atoms with E-state index in [2.05, 4.69) is 5.32 Å². The lowest BCUT2D eigenvalue weighted by Crippen LogP contribution is -2.49. The molecular weight excluding hydrogens is 325 g/mol. The molecule has 2 atom stereocenters. The highest BCUT2D eigenvalue weighted by molar-refractivity contribution is 7.07. The molecule has 0 bridgehead atoms. The number of carbonyl (C=O) groups is 2. The molecule has 0 fully saturated rings. The van der Waals surface area contributed by atoms with Crippen molar-refractivity contribution >= 4 is 30.1 Å². The molecule has 5 nitrogen and oxygen atoms in total. The Hall–Kier alpha value is -1.96. The Bertz CT molecular complexity index is 660. The molecule has 1 amide bonds. The molecule has 0 saturated carbocycles. The minimum Gasteiger partial charge on any atom is -0.426 e. The highest BCUT2D eigenvalue weighted by Gasteiger charge is 2.28. The Morgan fingerprint density at radius 2 is 1.92 bits per heavy atom. The lowest BCUT2D eigenvalue weighted by molar-refractivity contribution is -0.124. The van der Waals surface area contributed by atoms with Gasteiger partial charge in [0.25, 0.3) is 0 Å². The summed E-state index contributed by atoms with van der Waals surface area (Å²) in [7, 11) is -1.66. The van der Waals surface area contributed by atoms with Crippen LogP contribution in [0.4, 0.5) is 0 Å². The minimum absolute atomic E-state index is 0.0720. The Morgan fingerprint density at radius 1 is 1.21 bits per heavy atom. The van der Waals surface area contributed by atoms with Crippen molar-refractivity contribution in [3.63, 3.8) is 0 Å². The molecule has 1 aromatic heterocycles. The first kappa shape index (κ1) is 18.4. The largest absolute Gasteiger partial charge is 0.475 e. The van der Waals surface area contributed by atoms with E-state index in [1.807, 2.05) is 22.9 Å². The number of thiophene rings is 1. The van der Waals surface area contributed by atoms with E-state index in [1.54, 1.807) is 31.2 Å². The predicted molar refractivity (Wildman–Crippen MR) is 94.7 cm³/mol. The Kier molecular flexibility index (Phi) is 6.72. The van der Waals surface area contributed by atoms with Gasteiger partial charge in [-0.15, -0.1) is 0 Å². The molecule has 0 aliphatic heterocycles. The number of Topliss-reactive ketones (excluding diaryl/α,β-unsaturated/α-hetero) is 1. The van der Waals surface area contributed by atoms with E-state index in [1.165, 1.54) is 11.3 Å². The summed E-state index contributed by atoms with van der Waals surface area (Å²) in [5.74, 6) is -1.84. The maximum absolute atomic E-state index is 12.3. The van der Waals surface area contributed by atoms with Gasteiger partial charge in [-0.2, -0.15) is 11.3 Å². The molecule has 0 aliphatic rings. The van der Waals surface area contributed by atoms with Crippen molar-refractivity contribution in [2.75, 3.05) is 0 Å². The van der Waals surface area contributed by atoms with Gasteiger partial charge in [-0.3, -0.25) is 9.59 Å². The highest BCUT2D eigenvalue weighted by Crippen LogP contribution is 2.12. The van der Waals surface area contributed by atoms with Gasteiger partial charge < -0.3 is 15.4 Å². The zero-order valence-corrected chi connectivity index (χ0v) is 14.2. The van der Waals surface area contributed by atoms with Crippen LogP contribution in [-0.4, -0.2) is 34.8 Å². The zero-order valence-electron chi connectivity index (χ0n) is 13.4. The summed E-state index contributed by atoms with van der Waals surface area (Å²) >= 11 is 1.50. The molecule has 0 spiro atoms. The summed E-state index contributed by atoms with van der Waals surface area (Å²) in [6.45, 7) is 1.65. The molecule has 1 heterocycles. The minimum atomic E-state index is -1.66. The number of rotatable bonds is 8. The third-order valence-corrected chi connectivity index (χ3v) is 4.49. The van der Waals surface area contributed by atoms with Gasteiger partial charge in [0.1, 0.15) is 0 Å². The SMILES string of the molecule is C[C@@H](CC(=O)c1ccccc1)C(=O)N[C@@H](Cc1ccsc1)B(O)O. The number of hydrogen-bond acceptors (Lipinski definition) is 5. The van der Waals surface area contributed by atoms with Crippen LogP contribution in [0, 0.1) is 5.92 Å². The molecule has 1 aromatic carbocycles. The number of hydrogen-bond donors (Lipinski definition) is 3. The van der Waals surface area contributed by atoms with Crippen LogP contribution < -0.4 is 5.32 Å². The van der Waals surface area contributed by atoms with E-state index < -0.39 is 19.0 Å². The van der Waals surface area contributed by atoms with E-state index in [4.69, 9.17) is 0 Å². The van der Waals surface area contributed by atoms with E-state index in [0.717, 1.165) is 5.56 Å². The molecule has 2 rings (SSSR count). The third-order valence-electron chi connectivity index (χ3n) is 3.76. The zero-order chi connectivity index (χ0) is 17.5. The van der Waals surface area contributed by atoms with Gasteiger partial charge in [0.05, 0.1) is 5.94 Å². The summed E-state index contributed by atoms with van der Waals surface area (Å²) in [5, 5.41) is 25.4. The van der Waals surface area contributed by atoms with Crippen molar-refractivity contribution in [2.45, 2.75) is 25.7 Å². The molecule has 0 radical (unpaired) electrons. The maximum atomic E-state index is 12.3. The van der Waals surface area contributed by atoms with Crippen LogP contribution >= 0.6 is 11.3 Å². The highest BCUT2D eigenvalue weighted by atomic mass is 32.1. The third kappa shape index (κ3) is 5.30. The summed E-state index contributed by atoms with van der Waals surface area (Å²) in [6.07, 6.45) is 0.398. The summed E-state index contributed by atoms with van der Waals surface area (Å²) in [5.41, 5.74) is 1.49. The molecule has 126 valence electrons. The second kappa shape index (κ2) is 8.77. The molecule has 7 heteroatoms. The van der Waals surface area contributed by atoms with E-state index in [9.17, 15) is 19.6 Å². The van der Waals surface area contributed by atoms with Crippen molar-refractivity contribution in [1.29, 1.82) is 0 Å². The second-order valence-electron chi connectivity index (χ2n) is 5.76. The molecule has 3 N–H and O–H groups in total. The van der Waals surface area contributed by atoms with Crippen LogP contribution in [0.2, 0.25) is 0 Å². The average molecular weight is 345 g/mol. The van der Waals surface area contributed by atoms with Crippen molar-refractivity contribution < 1.29 is 19.6 Å². The number of amides is 1. The quantitative estimate of drug-likeness (QED) is 0.502. The fourth-order valence-corrected chi connectivity index (χ4v) is 3.01. The molecular formula is C17H20BNO4S. The van der Waals surface area contributed by atoms with E-state index in [0.29, 0.717) is 12.0 Å². The monoisotopic (exact) mass is 345 g/mol. The predicted octanol–water partition coefficient (Wildman–Crippen LogP) is 1.70. The smallest absolute Gasteiger partial charge is 0.426 e. The standard InChI is InChI=1S/C17H20BNO4S/c1-12(9-15(20)14-5-3-2-4-6-14)17(21)19-16(18(22)23)10-13-7-8-24-11-13/h2-8,11-12,16,22-23H,9-10H2,1H3,(H,19,21)/t12-,16-/m0/s1. The molecule has 24 heavy (non-hydrogen) atoms. The summed E-state index contributed by atoms with van der Waals surface area (Å²) in [6, 6.07) is 10.7. The van der Waals surface area contributed by atoms with Crippen molar-refractivity contribution in [3.05, 3.63) is 58.3 Å². The number of nitrogens with one attached hydrogen (secondary N) is 1. The molecule has 2 aromatic rings. The van der Waals surface area contributed by atoms with Gasteiger partial charge in [0.15, 0.2) is 5.78 Å². The van der Waals surface area contributed by atoms with Gasteiger partial charge >= 0.3 is 7.12 Å². The lowest BCUT2D eigenvalue weighted by Gasteiger charge is -2.20. The van der Waals surface area contributed by atoms with Crippen LogP contribution in [0.15, 0.2) is 47.2 Å². The van der Waals surface area contributed by atoms with Gasteiger partial charge in [-0.25, -0.2) is 0 Å². The van der Waals surface area contributed by atoms with Gasteiger partial charge in [0, 0.05) is 17.9 Å². The van der Waals surface area contributed by atoms with Gasteiger partial charge in [0.2, 0.25) is 5.91 Å².